The molecule has 0 unspecified atom stereocenters. The van der Waals surface area contributed by atoms with Crippen LogP contribution in [0, 0.1) is 0 Å². The van der Waals surface area contributed by atoms with Crippen LogP contribution in [-0.2, 0) is 9.84 Å². The fraction of sp³-hybridized carbons (Fsp3) is 0.316. The summed E-state index contributed by atoms with van der Waals surface area (Å²) in [6.07, 6.45) is 3.90. The summed E-state index contributed by atoms with van der Waals surface area (Å²) >= 11 is 0. The van der Waals surface area contributed by atoms with Crippen LogP contribution in [0.25, 0.3) is 0 Å². The molecule has 1 heterocycles. The summed E-state index contributed by atoms with van der Waals surface area (Å²) in [4.78, 5) is 21.2. The van der Waals surface area contributed by atoms with E-state index in [1.807, 2.05) is 32.0 Å². The first kappa shape index (κ1) is 20.6. The topological polar surface area (TPSA) is 98.2 Å². The lowest BCUT2D eigenvalue weighted by Crippen LogP contribution is -2.31. The molecule has 0 spiro atoms. The third-order valence-corrected chi connectivity index (χ3v) is 4.12. The Hall–Kier alpha value is -2.74. The van der Waals surface area contributed by atoms with Gasteiger partial charge in [0.05, 0.1) is 0 Å². The van der Waals surface area contributed by atoms with Crippen LogP contribution in [0.1, 0.15) is 42.9 Å². The predicted molar refractivity (Wildman–Crippen MR) is 104 cm³/mol. The highest BCUT2D eigenvalue weighted by molar-refractivity contribution is 7.93. The third-order valence-electron chi connectivity index (χ3n) is 3.46. The maximum atomic E-state index is 12.6. The highest BCUT2D eigenvalue weighted by Gasteiger charge is 2.19. The molecular formula is C19H23N3O4S. The second kappa shape index (κ2) is 8.77. The number of ether oxygens (including phenoxy) is 1. The Morgan fingerprint density at radius 2 is 1.85 bits per heavy atom. The molecule has 1 atom stereocenters. The molecule has 1 aromatic heterocycles. The number of hydrogen-bond donors (Lipinski definition) is 1. The minimum atomic E-state index is -3.26. The Kier molecular flexibility index (Phi) is 6.68. The van der Waals surface area contributed by atoms with E-state index >= 15 is 0 Å². The molecule has 0 radical (unpaired) electrons. The van der Waals surface area contributed by atoms with Crippen molar-refractivity contribution in [1.29, 1.82) is 0 Å². The number of benzene rings is 1. The number of hydrogen-bond acceptors (Lipinski definition) is 6. The molecule has 0 aliphatic rings. The predicted octanol–water partition coefficient (Wildman–Crippen LogP) is 3.07. The SMILES string of the molecule is CC(C)c1ncc(C(=O)N[C@@H](C)/C=C/S(C)(=O)=O)c(Oc2ccccc2)n1. The van der Waals surface area contributed by atoms with Crippen LogP contribution in [-0.4, -0.2) is 36.6 Å². The molecule has 0 fully saturated rings. The second-order valence-electron chi connectivity index (χ2n) is 6.44. The van der Waals surface area contributed by atoms with Crippen molar-refractivity contribution in [3.63, 3.8) is 0 Å². The molecule has 8 heteroatoms. The number of carbonyl (C=O) groups excluding carboxylic acids is 1. The summed E-state index contributed by atoms with van der Waals surface area (Å²) in [6.45, 7) is 5.56. The minimum absolute atomic E-state index is 0.0665. The van der Waals surface area contributed by atoms with Gasteiger partial charge in [0.2, 0.25) is 5.88 Å². The number of para-hydroxylation sites is 1. The maximum Gasteiger partial charge on any atom is 0.258 e. The van der Waals surface area contributed by atoms with E-state index in [-0.39, 0.29) is 17.4 Å². The zero-order valence-corrected chi connectivity index (χ0v) is 16.5. The van der Waals surface area contributed by atoms with Gasteiger partial charge in [-0.05, 0) is 19.1 Å². The smallest absolute Gasteiger partial charge is 0.258 e. The van der Waals surface area contributed by atoms with Gasteiger partial charge in [0.1, 0.15) is 17.1 Å². The van der Waals surface area contributed by atoms with Gasteiger partial charge in [-0.15, -0.1) is 0 Å². The summed E-state index contributed by atoms with van der Waals surface area (Å²) in [5, 5.41) is 3.75. The Morgan fingerprint density at radius 3 is 2.44 bits per heavy atom. The fourth-order valence-electron chi connectivity index (χ4n) is 2.08. The Labute approximate surface area is 159 Å². The monoisotopic (exact) mass is 389 g/mol. The molecular weight excluding hydrogens is 366 g/mol. The molecule has 2 rings (SSSR count). The molecule has 0 aliphatic carbocycles. The lowest BCUT2D eigenvalue weighted by atomic mass is 10.2. The van der Waals surface area contributed by atoms with Gasteiger partial charge >= 0.3 is 0 Å². The van der Waals surface area contributed by atoms with E-state index < -0.39 is 21.8 Å². The van der Waals surface area contributed by atoms with E-state index in [4.69, 9.17) is 4.74 Å². The van der Waals surface area contributed by atoms with Crippen molar-refractivity contribution in [1.82, 2.24) is 15.3 Å². The third kappa shape index (κ3) is 6.49. The van der Waals surface area contributed by atoms with Crippen molar-refractivity contribution in [3.05, 3.63) is 59.4 Å². The molecule has 144 valence electrons. The molecule has 27 heavy (non-hydrogen) atoms. The summed E-state index contributed by atoms with van der Waals surface area (Å²) in [6, 6.07) is 8.51. The van der Waals surface area contributed by atoms with E-state index in [9.17, 15) is 13.2 Å². The maximum absolute atomic E-state index is 12.6. The van der Waals surface area contributed by atoms with Crippen molar-refractivity contribution < 1.29 is 17.9 Å². The zero-order valence-electron chi connectivity index (χ0n) is 15.7. The summed E-state index contributed by atoms with van der Waals surface area (Å²) in [5.74, 6) is 0.864. The molecule has 1 amide bonds. The standard InChI is InChI=1S/C19H23N3O4S/c1-13(2)17-20-12-16(18(23)21-14(3)10-11-27(4,24)25)19(22-17)26-15-8-6-5-7-9-15/h5-14H,1-4H3,(H,21,23)/b11-10+/t14-/m0/s1. The Bertz CT molecular complexity index is 925. The number of sulfone groups is 1. The number of amides is 1. The Morgan fingerprint density at radius 1 is 1.19 bits per heavy atom. The van der Waals surface area contributed by atoms with Crippen LogP contribution in [0.15, 0.2) is 48.0 Å². The van der Waals surface area contributed by atoms with Crippen LogP contribution in [0.5, 0.6) is 11.6 Å². The average molecular weight is 389 g/mol. The molecule has 0 bridgehead atoms. The lowest BCUT2D eigenvalue weighted by Gasteiger charge is -2.14. The molecule has 2 aromatic rings. The van der Waals surface area contributed by atoms with Gasteiger partial charge in [0.15, 0.2) is 9.84 Å². The molecule has 1 aromatic carbocycles. The molecule has 0 saturated carbocycles. The van der Waals surface area contributed by atoms with Crippen molar-refractivity contribution >= 4 is 15.7 Å². The zero-order chi connectivity index (χ0) is 20.0. The van der Waals surface area contributed by atoms with Crippen LogP contribution < -0.4 is 10.1 Å². The second-order valence-corrected chi connectivity index (χ2v) is 8.37. The molecule has 1 N–H and O–H groups in total. The van der Waals surface area contributed by atoms with Crippen molar-refractivity contribution in [2.75, 3.05) is 6.26 Å². The minimum Gasteiger partial charge on any atom is -0.438 e. The van der Waals surface area contributed by atoms with Gasteiger partial charge in [-0.25, -0.2) is 13.4 Å². The quantitative estimate of drug-likeness (QED) is 0.781. The first-order chi connectivity index (χ1) is 12.7. The highest BCUT2D eigenvalue weighted by Crippen LogP contribution is 2.24. The van der Waals surface area contributed by atoms with Gasteiger partial charge in [-0.2, -0.15) is 4.98 Å². The van der Waals surface area contributed by atoms with Crippen LogP contribution in [0.2, 0.25) is 0 Å². The number of carbonyl (C=O) groups is 1. The average Bonchev–Trinajstić information content (AvgIpc) is 2.60. The molecule has 7 nitrogen and oxygen atoms in total. The molecule has 0 aliphatic heterocycles. The van der Waals surface area contributed by atoms with Gasteiger partial charge in [0, 0.05) is 29.8 Å². The number of nitrogens with one attached hydrogen (secondary N) is 1. The summed E-state index contributed by atoms with van der Waals surface area (Å²) in [7, 11) is -3.26. The fourth-order valence-corrected chi connectivity index (χ4v) is 2.61. The summed E-state index contributed by atoms with van der Waals surface area (Å²) < 4.78 is 28.2. The van der Waals surface area contributed by atoms with Gasteiger partial charge < -0.3 is 10.1 Å². The normalized spacial score (nSPS) is 12.9. The van der Waals surface area contributed by atoms with E-state index in [1.165, 1.54) is 12.3 Å². The highest BCUT2D eigenvalue weighted by atomic mass is 32.2. The largest absolute Gasteiger partial charge is 0.438 e. The van der Waals surface area contributed by atoms with E-state index in [0.717, 1.165) is 11.7 Å². The summed E-state index contributed by atoms with van der Waals surface area (Å²) in [5.41, 5.74) is 0.169. The van der Waals surface area contributed by atoms with Crippen LogP contribution >= 0.6 is 0 Å². The van der Waals surface area contributed by atoms with E-state index in [0.29, 0.717) is 11.6 Å². The van der Waals surface area contributed by atoms with Crippen LogP contribution in [0.3, 0.4) is 0 Å². The number of rotatable bonds is 7. The number of aromatic nitrogens is 2. The molecule has 0 saturated heterocycles. The van der Waals surface area contributed by atoms with Gasteiger partial charge in [0.25, 0.3) is 5.91 Å². The Balaban J connectivity index is 2.28. The first-order valence-electron chi connectivity index (χ1n) is 8.44. The van der Waals surface area contributed by atoms with Gasteiger partial charge in [-0.3, -0.25) is 4.79 Å². The van der Waals surface area contributed by atoms with E-state index in [1.54, 1.807) is 19.1 Å². The first-order valence-corrected chi connectivity index (χ1v) is 10.4. The van der Waals surface area contributed by atoms with Crippen molar-refractivity contribution in [2.45, 2.75) is 32.7 Å². The lowest BCUT2D eigenvalue weighted by molar-refractivity contribution is 0.0943. The van der Waals surface area contributed by atoms with Gasteiger partial charge in [-0.1, -0.05) is 38.1 Å². The van der Waals surface area contributed by atoms with Crippen molar-refractivity contribution in [3.8, 4) is 11.6 Å². The van der Waals surface area contributed by atoms with Crippen LogP contribution in [0.4, 0.5) is 0 Å². The van der Waals surface area contributed by atoms with E-state index in [2.05, 4.69) is 15.3 Å². The number of nitrogens with zero attached hydrogens (tertiary/aromatic N) is 2. The van der Waals surface area contributed by atoms with Crippen molar-refractivity contribution in [2.24, 2.45) is 0 Å².